The van der Waals surface area contributed by atoms with Gasteiger partial charge in [0.2, 0.25) is 0 Å². The molecular weight excluding hydrogens is 358 g/mol. The molecule has 1 aliphatic carbocycles. The van der Waals surface area contributed by atoms with Crippen LogP contribution in [0.2, 0.25) is 0 Å². The summed E-state index contributed by atoms with van der Waals surface area (Å²) in [6, 6.07) is 10.0. The second-order valence-corrected chi connectivity index (χ2v) is 9.41. The SMILES string of the molecule is CN(CCCCCCO)C1(S(C)(=O)=O)C=CC(C=Cc2ccccc2)=CC1. The number of sulfone groups is 1. The molecule has 0 aliphatic heterocycles. The first-order valence-corrected chi connectivity index (χ1v) is 11.4. The zero-order chi connectivity index (χ0) is 19.8. The fourth-order valence-corrected chi connectivity index (χ4v) is 4.71. The van der Waals surface area contributed by atoms with Crippen LogP contribution in [0.15, 0.2) is 60.2 Å². The number of aliphatic hydroxyl groups is 1. The maximum atomic E-state index is 12.6. The molecule has 1 unspecified atom stereocenters. The van der Waals surface area contributed by atoms with Crippen molar-refractivity contribution in [3.63, 3.8) is 0 Å². The Morgan fingerprint density at radius 1 is 1.11 bits per heavy atom. The molecule has 1 aromatic carbocycles. The summed E-state index contributed by atoms with van der Waals surface area (Å²) in [6.07, 6.45) is 15.3. The maximum Gasteiger partial charge on any atom is 0.170 e. The van der Waals surface area contributed by atoms with E-state index in [0.717, 1.165) is 36.8 Å². The number of aliphatic hydroxyl groups excluding tert-OH is 1. The van der Waals surface area contributed by atoms with Gasteiger partial charge in [-0.05, 0) is 43.6 Å². The highest BCUT2D eigenvalue weighted by Crippen LogP contribution is 2.32. The highest BCUT2D eigenvalue weighted by Gasteiger charge is 2.42. The molecule has 4 nitrogen and oxygen atoms in total. The lowest BCUT2D eigenvalue weighted by atomic mass is 10.00. The van der Waals surface area contributed by atoms with Crippen molar-refractivity contribution in [1.29, 1.82) is 0 Å². The van der Waals surface area contributed by atoms with Crippen LogP contribution in [-0.4, -0.2) is 49.8 Å². The van der Waals surface area contributed by atoms with Crippen LogP contribution in [0.1, 0.15) is 37.7 Å². The Morgan fingerprint density at radius 3 is 2.41 bits per heavy atom. The lowest BCUT2D eigenvalue weighted by Gasteiger charge is -2.39. The molecule has 27 heavy (non-hydrogen) atoms. The van der Waals surface area contributed by atoms with Crippen LogP contribution in [0.25, 0.3) is 6.08 Å². The van der Waals surface area contributed by atoms with E-state index in [0.29, 0.717) is 13.0 Å². The van der Waals surface area contributed by atoms with Gasteiger partial charge in [-0.2, -0.15) is 0 Å². The summed E-state index contributed by atoms with van der Waals surface area (Å²) in [7, 11) is -1.41. The van der Waals surface area contributed by atoms with Gasteiger partial charge in [0.1, 0.15) is 4.87 Å². The zero-order valence-electron chi connectivity index (χ0n) is 16.3. The minimum absolute atomic E-state index is 0.218. The fourth-order valence-electron chi connectivity index (χ4n) is 3.35. The first kappa shape index (κ1) is 21.6. The highest BCUT2D eigenvalue weighted by molar-refractivity contribution is 7.92. The van der Waals surface area contributed by atoms with Crippen molar-refractivity contribution in [2.75, 3.05) is 26.5 Å². The van der Waals surface area contributed by atoms with Gasteiger partial charge in [0.15, 0.2) is 9.84 Å². The highest BCUT2D eigenvalue weighted by atomic mass is 32.2. The van der Waals surface area contributed by atoms with Gasteiger partial charge >= 0.3 is 0 Å². The number of nitrogens with zero attached hydrogens (tertiary/aromatic N) is 1. The van der Waals surface area contributed by atoms with Crippen LogP contribution in [0.5, 0.6) is 0 Å². The van der Waals surface area contributed by atoms with Crippen LogP contribution in [-0.2, 0) is 9.84 Å². The zero-order valence-corrected chi connectivity index (χ0v) is 17.2. The van der Waals surface area contributed by atoms with E-state index in [1.807, 2.05) is 72.7 Å². The number of benzene rings is 1. The summed E-state index contributed by atoms with van der Waals surface area (Å²) >= 11 is 0. The van der Waals surface area contributed by atoms with E-state index in [2.05, 4.69) is 0 Å². The number of allylic oxidation sites excluding steroid dienone is 3. The van der Waals surface area contributed by atoms with Crippen molar-refractivity contribution < 1.29 is 13.5 Å². The van der Waals surface area contributed by atoms with Gasteiger partial charge in [0.05, 0.1) is 0 Å². The fraction of sp³-hybridized carbons (Fsp3) is 0.455. The van der Waals surface area contributed by atoms with Gasteiger partial charge in [0.25, 0.3) is 0 Å². The van der Waals surface area contributed by atoms with E-state index >= 15 is 0 Å². The third-order valence-corrected chi connectivity index (χ3v) is 7.02. The van der Waals surface area contributed by atoms with Gasteiger partial charge in [-0.15, -0.1) is 0 Å². The minimum atomic E-state index is -3.29. The summed E-state index contributed by atoms with van der Waals surface area (Å²) in [6.45, 7) is 0.932. The number of unbranched alkanes of at least 4 members (excludes halogenated alkanes) is 3. The Kier molecular flexibility index (Phi) is 8.02. The van der Waals surface area contributed by atoms with Crippen molar-refractivity contribution in [2.24, 2.45) is 0 Å². The first-order chi connectivity index (χ1) is 12.9. The molecule has 0 spiro atoms. The molecule has 0 radical (unpaired) electrons. The molecule has 0 amide bonds. The Balaban J connectivity index is 2.05. The average molecular weight is 390 g/mol. The molecule has 0 saturated heterocycles. The standard InChI is InChI=1S/C22H31NO3S/c1-23(18-8-3-4-9-19-24)22(27(2,25)26)16-14-21(15-17-22)13-12-20-10-6-5-7-11-20/h5-7,10-16,24H,3-4,8-9,17-19H2,1-2H3. The van der Waals surface area contributed by atoms with Crippen LogP contribution >= 0.6 is 0 Å². The number of likely N-dealkylation sites (N-methyl/N-ethyl adjacent to an activating group) is 1. The van der Waals surface area contributed by atoms with Crippen molar-refractivity contribution in [1.82, 2.24) is 4.90 Å². The molecule has 148 valence electrons. The normalized spacial score (nSPS) is 20.4. The van der Waals surface area contributed by atoms with Crippen LogP contribution < -0.4 is 0 Å². The molecule has 0 saturated carbocycles. The molecule has 1 aliphatic rings. The van der Waals surface area contributed by atoms with E-state index in [1.165, 1.54) is 6.26 Å². The van der Waals surface area contributed by atoms with Gasteiger partial charge in [-0.25, -0.2) is 8.42 Å². The first-order valence-electron chi connectivity index (χ1n) is 9.53. The van der Waals surface area contributed by atoms with Crippen molar-refractivity contribution in [2.45, 2.75) is 37.0 Å². The monoisotopic (exact) mass is 389 g/mol. The average Bonchev–Trinajstić information content (AvgIpc) is 2.66. The predicted molar refractivity (Wildman–Crippen MR) is 113 cm³/mol. The second-order valence-electron chi connectivity index (χ2n) is 7.16. The molecular formula is C22H31NO3S. The van der Waals surface area contributed by atoms with Crippen LogP contribution in [0.4, 0.5) is 0 Å². The van der Waals surface area contributed by atoms with E-state index in [4.69, 9.17) is 5.11 Å². The van der Waals surface area contributed by atoms with Gasteiger partial charge in [-0.3, -0.25) is 4.90 Å². The van der Waals surface area contributed by atoms with Gasteiger partial charge in [0, 0.05) is 19.3 Å². The predicted octanol–water partition coefficient (Wildman–Crippen LogP) is 3.81. The number of hydrogen-bond acceptors (Lipinski definition) is 4. The number of hydrogen-bond donors (Lipinski definition) is 1. The van der Waals surface area contributed by atoms with E-state index in [-0.39, 0.29) is 6.61 Å². The lowest BCUT2D eigenvalue weighted by molar-refractivity contribution is 0.232. The van der Waals surface area contributed by atoms with Gasteiger partial charge < -0.3 is 5.11 Å². The van der Waals surface area contributed by atoms with Gasteiger partial charge in [-0.1, -0.05) is 67.5 Å². The summed E-state index contributed by atoms with van der Waals surface area (Å²) in [4.78, 5) is 0.972. The summed E-state index contributed by atoms with van der Waals surface area (Å²) in [5.41, 5.74) is 2.14. The smallest absolute Gasteiger partial charge is 0.170 e. The molecule has 5 heteroatoms. The Morgan fingerprint density at radius 2 is 1.81 bits per heavy atom. The topological polar surface area (TPSA) is 57.6 Å². The quantitative estimate of drug-likeness (QED) is 0.618. The number of rotatable bonds is 10. The molecule has 0 fully saturated rings. The third-order valence-electron chi connectivity index (χ3n) is 5.12. The van der Waals surface area contributed by atoms with Crippen LogP contribution in [0, 0.1) is 0 Å². The summed E-state index contributed by atoms with van der Waals surface area (Å²) < 4.78 is 25.2. The van der Waals surface area contributed by atoms with E-state index in [1.54, 1.807) is 0 Å². The third kappa shape index (κ3) is 5.89. The van der Waals surface area contributed by atoms with Crippen molar-refractivity contribution >= 4 is 15.9 Å². The molecule has 2 rings (SSSR count). The molecule has 0 aromatic heterocycles. The minimum Gasteiger partial charge on any atom is -0.396 e. The van der Waals surface area contributed by atoms with Crippen molar-refractivity contribution in [3.8, 4) is 0 Å². The lowest BCUT2D eigenvalue weighted by Crippen LogP contribution is -2.51. The molecule has 0 heterocycles. The largest absolute Gasteiger partial charge is 0.396 e. The molecule has 1 atom stereocenters. The summed E-state index contributed by atoms with van der Waals surface area (Å²) in [5, 5.41) is 8.86. The molecule has 0 bridgehead atoms. The second kappa shape index (κ2) is 10.0. The van der Waals surface area contributed by atoms with E-state index < -0.39 is 14.7 Å². The Bertz CT molecular complexity index is 781. The molecule has 1 N–H and O–H groups in total. The van der Waals surface area contributed by atoms with E-state index in [9.17, 15) is 8.42 Å². The Hall–Kier alpha value is -1.69. The summed E-state index contributed by atoms with van der Waals surface area (Å²) in [5.74, 6) is 0. The maximum absolute atomic E-state index is 12.6. The van der Waals surface area contributed by atoms with Crippen LogP contribution in [0.3, 0.4) is 0 Å². The Labute approximate surface area is 163 Å². The van der Waals surface area contributed by atoms with Crippen molar-refractivity contribution in [3.05, 3.63) is 65.8 Å². The molecule has 1 aromatic rings.